The van der Waals surface area contributed by atoms with Crippen LogP contribution >= 0.6 is 23.4 Å². The molecule has 0 saturated carbocycles. The number of carboxylic acids is 1. The van der Waals surface area contributed by atoms with E-state index in [9.17, 15) is 9.90 Å². The van der Waals surface area contributed by atoms with Gasteiger partial charge in [-0.1, -0.05) is 29.7 Å². The fourth-order valence-corrected chi connectivity index (χ4v) is 3.51. The van der Waals surface area contributed by atoms with Crippen LogP contribution in [0.1, 0.15) is 5.56 Å². The summed E-state index contributed by atoms with van der Waals surface area (Å²) >= 11 is 7.26. The first kappa shape index (κ1) is 19.7. The number of ether oxygens (including phenoxy) is 2. The largest absolute Gasteiger partial charge is 0.493 e. The van der Waals surface area contributed by atoms with Crippen molar-refractivity contribution in [1.82, 2.24) is 9.97 Å². The Balaban J connectivity index is 1.94. The number of nitrogens with one attached hydrogen (secondary N) is 1. The van der Waals surface area contributed by atoms with Crippen molar-refractivity contribution in [2.45, 2.75) is 5.16 Å². The van der Waals surface area contributed by atoms with Gasteiger partial charge in [-0.25, -0.2) is 9.78 Å². The highest BCUT2D eigenvalue weighted by atomic mass is 35.5. The van der Waals surface area contributed by atoms with E-state index in [4.69, 9.17) is 27.5 Å². The van der Waals surface area contributed by atoms with Gasteiger partial charge in [-0.15, -0.1) is 6.42 Å². The van der Waals surface area contributed by atoms with Crippen LogP contribution in [-0.4, -0.2) is 34.8 Å². The third kappa shape index (κ3) is 4.42. The summed E-state index contributed by atoms with van der Waals surface area (Å²) in [6.45, 7) is 0.0353. The highest BCUT2D eigenvalue weighted by Crippen LogP contribution is 2.38. The molecule has 0 aliphatic rings. The molecule has 1 heterocycles. The van der Waals surface area contributed by atoms with Gasteiger partial charge in [-0.3, -0.25) is 0 Å². The molecule has 3 aromatic rings. The van der Waals surface area contributed by atoms with Crippen molar-refractivity contribution in [2.24, 2.45) is 0 Å². The number of fused-ring (bicyclic) bond motifs is 1. The van der Waals surface area contributed by atoms with Crippen molar-refractivity contribution in [1.29, 1.82) is 0 Å². The van der Waals surface area contributed by atoms with E-state index in [0.717, 1.165) is 22.8 Å². The molecule has 6 nitrogen and oxygen atoms in total. The van der Waals surface area contributed by atoms with Gasteiger partial charge in [-0.05, 0) is 47.7 Å². The van der Waals surface area contributed by atoms with Crippen LogP contribution in [0.25, 0.3) is 17.1 Å². The van der Waals surface area contributed by atoms with Crippen LogP contribution in [0.3, 0.4) is 0 Å². The zero-order valence-corrected chi connectivity index (χ0v) is 16.3. The summed E-state index contributed by atoms with van der Waals surface area (Å²) in [5, 5.41) is 10.3. The lowest BCUT2D eigenvalue weighted by Crippen LogP contribution is -1.99. The molecule has 0 spiro atoms. The average molecular weight is 415 g/mol. The number of methoxy groups -OCH3 is 1. The minimum Gasteiger partial charge on any atom is -0.493 e. The van der Waals surface area contributed by atoms with Crippen LogP contribution in [0.2, 0.25) is 5.02 Å². The highest BCUT2D eigenvalue weighted by Gasteiger charge is 2.16. The molecule has 0 aliphatic carbocycles. The van der Waals surface area contributed by atoms with Gasteiger partial charge in [0.05, 0.1) is 23.2 Å². The number of para-hydroxylation sites is 2. The fraction of sp³-hybridized carbons (Fsp3) is 0.100. The van der Waals surface area contributed by atoms with Crippen LogP contribution in [0.4, 0.5) is 0 Å². The molecule has 0 bridgehead atoms. The van der Waals surface area contributed by atoms with E-state index in [2.05, 4.69) is 15.9 Å². The summed E-state index contributed by atoms with van der Waals surface area (Å²) in [6, 6.07) is 10.7. The minimum atomic E-state index is -1.09. The van der Waals surface area contributed by atoms with E-state index in [-0.39, 0.29) is 16.5 Å². The van der Waals surface area contributed by atoms with Gasteiger partial charge in [0.2, 0.25) is 0 Å². The molecular weight excluding hydrogens is 400 g/mol. The van der Waals surface area contributed by atoms with Gasteiger partial charge in [0.25, 0.3) is 0 Å². The first-order chi connectivity index (χ1) is 13.5. The van der Waals surface area contributed by atoms with Gasteiger partial charge in [-0.2, -0.15) is 0 Å². The molecule has 142 valence electrons. The zero-order valence-electron chi connectivity index (χ0n) is 14.7. The van der Waals surface area contributed by atoms with E-state index in [1.807, 2.05) is 24.3 Å². The van der Waals surface area contributed by atoms with Crippen LogP contribution in [-0.2, 0) is 4.79 Å². The number of terminal acetylenes is 1. The molecule has 0 unspecified atom stereocenters. The highest BCUT2D eigenvalue weighted by molar-refractivity contribution is 8.04. The lowest BCUT2D eigenvalue weighted by Gasteiger charge is -2.12. The number of H-pyrrole nitrogens is 1. The van der Waals surface area contributed by atoms with Gasteiger partial charge in [0.1, 0.15) is 11.5 Å². The summed E-state index contributed by atoms with van der Waals surface area (Å²) in [4.78, 5) is 19.3. The molecule has 28 heavy (non-hydrogen) atoms. The smallest absolute Gasteiger partial charge is 0.342 e. The number of aliphatic carboxylic acids is 1. The van der Waals surface area contributed by atoms with Gasteiger partial charge in [0, 0.05) is 0 Å². The number of imidazole rings is 1. The number of carboxylic acid groups (broad SMARTS) is 1. The molecule has 8 heteroatoms. The molecule has 1 aromatic heterocycles. The molecule has 0 atom stereocenters. The predicted octanol–water partition coefficient (Wildman–Crippen LogP) is 4.45. The number of rotatable bonds is 7. The SMILES string of the molecule is C#CCOc1c(Cl)cc(/C=C(\Sc2nc3ccccc3[nH]2)C(=O)O)cc1OC. The number of benzene rings is 2. The molecule has 0 amide bonds. The van der Waals surface area contributed by atoms with Crippen molar-refractivity contribution >= 4 is 46.4 Å². The lowest BCUT2D eigenvalue weighted by molar-refractivity contribution is -0.131. The van der Waals surface area contributed by atoms with Crippen LogP contribution < -0.4 is 9.47 Å². The molecule has 0 radical (unpaired) electrons. The molecule has 0 aliphatic heterocycles. The summed E-state index contributed by atoms with van der Waals surface area (Å²) < 4.78 is 10.7. The second-order valence-electron chi connectivity index (χ2n) is 5.50. The summed E-state index contributed by atoms with van der Waals surface area (Å²) in [6.07, 6.45) is 6.69. The Labute approximate surface area is 170 Å². The number of hydrogen-bond acceptors (Lipinski definition) is 5. The fourth-order valence-electron chi connectivity index (χ4n) is 2.45. The van der Waals surface area contributed by atoms with Crippen molar-refractivity contribution in [2.75, 3.05) is 13.7 Å². The zero-order chi connectivity index (χ0) is 20.1. The van der Waals surface area contributed by atoms with Gasteiger partial charge < -0.3 is 19.6 Å². The van der Waals surface area contributed by atoms with Crippen molar-refractivity contribution < 1.29 is 19.4 Å². The number of nitrogens with zero attached hydrogens (tertiary/aromatic N) is 1. The molecular formula is C20H15ClN2O4S. The van der Waals surface area contributed by atoms with Crippen LogP contribution in [0.15, 0.2) is 46.5 Å². The van der Waals surface area contributed by atoms with E-state index in [1.54, 1.807) is 12.1 Å². The van der Waals surface area contributed by atoms with E-state index in [1.165, 1.54) is 13.2 Å². The second kappa shape index (κ2) is 8.74. The van der Waals surface area contributed by atoms with Crippen LogP contribution in [0.5, 0.6) is 11.5 Å². The third-order valence-corrected chi connectivity index (χ3v) is 4.81. The van der Waals surface area contributed by atoms with Crippen LogP contribution in [0, 0.1) is 12.3 Å². The van der Waals surface area contributed by atoms with E-state index >= 15 is 0 Å². The topological polar surface area (TPSA) is 84.4 Å². The lowest BCUT2D eigenvalue weighted by atomic mass is 10.2. The standard InChI is InChI=1S/C20H15ClN2O4S/c1-3-8-27-18-13(21)9-12(10-16(18)26-2)11-17(19(24)25)28-20-22-14-6-4-5-7-15(14)23-20/h1,4-7,9-11H,8H2,2H3,(H,22,23)(H,24,25)/b17-11-. The number of hydrogen-bond donors (Lipinski definition) is 2. The van der Waals surface area contributed by atoms with Crippen molar-refractivity contribution in [3.05, 3.63) is 51.9 Å². The van der Waals surface area contributed by atoms with Crippen molar-refractivity contribution in [3.63, 3.8) is 0 Å². The van der Waals surface area contributed by atoms with E-state index in [0.29, 0.717) is 22.2 Å². The van der Waals surface area contributed by atoms with Gasteiger partial charge >= 0.3 is 5.97 Å². The number of halogens is 1. The Morgan fingerprint density at radius 2 is 2.21 bits per heavy atom. The number of aromatic nitrogens is 2. The Bertz CT molecular complexity index is 1070. The predicted molar refractivity (Wildman–Crippen MR) is 110 cm³/mol. The molecule has 0 fully saturated rings. The monoisotopic (exact) mass is 414 g/mol. The average Bonchev–Trinajstić information content (AvgIpc) is 3.08. The Morgan fingerprint density at radius 1 is 1.43 bits per heavy atom. The number of carbonyl (C=O) groups is 1. The quantitative estimate of drug-likeness (QED) is 0.337. The van der Waals surface area contributed by atoms with Gasteiger partial charge in [0.15, 0.2) is 16.7 Å². The summed E-state index contributed by atoms with van der Waals surface area (Å²) in [5.41, 5.74) is 2.12. The molecule has 0 saturated heterocycles. The maximum atomic E-state index is 11.7. The number of thioether (sulfide) groups is 1. The first-order valence-corrected chi connectivity index (χ1v) is 9.22. The molecule has 2 aromatic carbocycles. The Morgan fingerprint density at radius 3 is 2.89 bits per heavy atom. The summed E-state index contributed by atoms with van der Waals surface area (Å²) in [5.74, 6) is 1.93. The van der Waals surface area contributed by atoms with Crippen molar-refractivity contribution in [3.8, 4) is 23.8 Å². The number of aromatic amines is 1. The Hall–Kier alpha value is -3.08. The first-order valence-electron chi connectivity index (χ1n) is 8.03. The van der Waals surface area contributed by atoms with E-state index < -0.39 is 5.97 Å². The Kier molecular flexibility index (Phi) is 6.14. The summed E-state index contributed by atoms with van der Waals surface area (Å²) in [7, 11) is 1.46. The normalized spacial score (nSPS) is 11.2. The maximum Gasteiger partial charge on any atom is 0.342 e. The minimum absolute atomic E-state index is 0.0353. The molecule has 2 N–H and O–H groups in total. The maximum absolute atomic E-state index is 11.7. The second-order valence-corrected chi connectivity index (χ2v) is 6.94. The molecule has 3 rings (SSSR count). The third-order valence-electron chi connectivity index (χ3n) is 3.63.